The molecule has 0 bridgehead atoms. The van der Waals surface area contributed by atoms with Gasteiger partial charge in [0.25, 0.3) is 5.91 Å². The number of piperidine rings is 2. The predicted octanol–water partition coefficient (Wildman–Crippen LogP) is 3.96. The Morgan fingerprint density at radius 1 is 0.875 bits per heavy atom. The third-order valence-electron chi connectivity index (χ3n) is 11.6. The number of ether oxygens (including phenoxy) is 2. The summed E-state index contributed by atoms with van der Waals surface area (Å²) in [5.74, 6) is -0.173. The number of nitrogens with zero attached hydrogens (tertiary/aromatic N) is 6. The number of para-hydroxylation sites is 1. The Morgan fingerprint density at radius 2 is 1.50 bits per heavy atom. The molecule has 14 nitrogen and oxygen atoms in total. The number of carbonyl (C=O) groups excluding carboxylic acids is 4. The zero-order valence-corrected chi connectivity index (χ0v) is 33.0. The SMILES string of the molecule is C.Cc1cc(C[C@@H](OC(=O)N2CCC(N3CCc4ccccc4NC3=O)CC2)C(=O)N2CCC(N3CCN(CC(=O)OCCN(C)C)CC3)CC2)cc(C)c1O. The van der Waals surface area contributed by atoms with Gasteiger partial charge in [-0.2, -0.15) is 0 Å². The minimum absolute atomic E-state index is 0. The number of carbonyl (C=O) groups is 4. The molecule has 0 saturated carbocycles. The minimum Gasteiger partial charge on any atom is -0.507 e. The fourth-order valence-electron chi connectivity index (χ4n) is 8.36. The number of hydrogen-bond donors (Lipinski definition) is 2. The van der Waals surface area contributed by atoms with Crippen LogP contribution >= 0.6 is 0 Å². The third-order valence-corrected chi connectivity index (χ3v) is 11.6. The monoisotopic (exact) mass is 777 g/mol. The molecule has 0 spiro atoms. The van der Waals surface area contributed by atoms with Crippen LogP contribution < -0.4 is 5.32 Å². The van der Waals surface area contributed by atoms with Gasteiger partial charge < -0.3 is 39.5 Å². The number of anilines is 1. The van der Waals surface area contributed by atoms with Gasteiger partial charge in [-0.25, -0.2) is 9.59 Å². The molecule has 0 unspecified atom stereocenters. The van der Waals surface area contributed by atoms with Gasteiger partial charge in [0.1, 0.15) is 12.4 Å². The Kier molecular flexibility index (Phi) is 15.0. The standard InChI is InChI=1S/C41H59N7O7.CH4/c1-29-25-31(26-30(2)38(29)50)27-36(55-41(53)47-16-12-34(13-17-47)48-18-9-32-7-5-6-8-35(32)42-40(48)52)39(51)46-14-10-33(11-15-46)45-21-19-44(20-22-45)28-37(49)54-24-23-43(3)4;/h5-8,25-26,33-34,36,50H,9-24,27-28H2,1-4H3,(H,42,52);1H4/t36-;/m1./s1. The first kappa shape index (κ1) is 42.7. The number of urea groups is 1. The van der Waals surface area contributed by atoms with Crippen molar-refractivity contribution in [3.63, 3.8) is 0 Å². The summed E-state index contributed by atoms with van der Waals surface area (Å²) in [6, 6.07) is 11.8. The highest BCUT2D eigenvalue weighted by molar-refractivity contribution is 5.91. The van der Waals surface area contributed by atoms with E-state index in [1.165, 1.54) is 0 Å². The Hall–Kier alpha value is -4.40. The molecule has 4 heterocycles. The van der Waals surface area contributed by atoms with Crippen LogP contribution in [0.25, 0.3) is 0 Å². The summed E-state index contributed by atoms with van der Waals surface area (Å²) in [6.07, 6.45) is 2.31. The van der Waals surface area contributed by atoms with Gasteiger partial charge in [-0.1, -0.05) is 37.8 Å². The molecule has 14 heteroatoms. The lowest BCUT2D eigenvalue weighted by Gasteiger charge is -2.43. The van der Waals surface area contributed by atoms with Crippen molar-refractivity contribution in [2.75, 3.05) is 98.0 Å². The predicted molar refractivity (Wildman–Crippen MR) is 216 cm³/mol. The molecular weight excluding hydrogens is 715 g/mol. The van der Waals surface area contributed by atoms with Gasteiger partial charge >= 0.3 is 18.1 Å². The van der Waals surface area contributed by atoms with Crippen LogP contribution in [-0.4, -0.2) is 169 Å². The van der Waals surface area contributed by atoms with Crippen molar-refractivity contribution in [1.82, 2.24) is 29.4 Å². The molecule has 2 aromatic rings. The van der Waals surface area contributed by atoms with Crippen molar-refractivity contribution >= 4 is 29.7 Å². The number of phenols is 1. The summed E-state index contributed by atoms with van der Waals surface area (Å²) in [4.78, 5) is 65.3. The van der Waals surface area contributed by atoms with Crippen LogP contribution in [0, 0.1) is 13.8 Å². The fraction of sp³-hybridized carbons (Fsp3) is 0.619. The van der Waals surface area contributed by atoms with E-state index in [0.29, 0.717) is 82.4 Å². The van der Waals surface area contributed by atoms with Crippen LogP contribution in [-0.2, 0) is 31.9 Å². The molecule has 56 heavy (non-hydrogen) atoms. The van der Waals surface area contributed by atoms with Gasteiger partial charge in [0.05, 0.1) is 6.54 Å². The quantitative estimate of drug-likeness (QED) is 0.323. The summed E-state index contributed by atoms with van der Waals surface area (Å²) in [5, 5.41) is 13.4. The second kappa shape index (κ2) is 19.6. The van der Waals surface area contributed by atoms with E-state index in [-0.39, 0.29) is 43.5 Å². The largest absolute Gasteiger partial charge is 0.507 e. The average molecular weight is 778 g/mol. The smallest absolute Gasteiger partial charge is 0.410 e. The van der Waals surface area contributed by atoms with Crippen molar-refractivity contribution in [2.45, 2.75) is 78.0 Å². The number of aromatic hydroxyl groups is 1. The Bertz CT molecular complexity index is 1640. The van der Waals surface area contributed by atoms with E-state index in [9.17, 15) is 24.3 Å². The number of piperazine rings is 1. The number of phenolic OH excluding ortho intramolecular Hbond substituents is 1. The fourth-order valence-corrected chi connectivity index (χ4v) is 8.36. The first-order valence-electron chi connectivity index (χ1n) is 19.9. The number of fused-ring (bicyclic) bond motifs is 1. The Morgan fingerprint density at radius 3 is 2.16 bits per heavy atom. The van der Waals surface area contributed by atoms with Crippen LogP contribution in [0.2, 0.25) is 0 Å². The van der Waals surface area contributed by atoms with Crippen LogP contribution in [0.4, 0.5) is 15.3 Å². The van der Waals surface area contributed by atoms with E-state index in [0.717, 1.165) is 62.3 Å². The Balaban J connectivity index is 0.00000600. The summed E-state index contributed by atoms with van der Waals surface area (Å²) in [5.41, 5.74) is 4.19. The van der Waals surface area contributed by atoms with E-state index < -0.39 is 12.2 Å². The highest BCUT2D eigenvalue weighted by atomic mass is 16.6. The Labute approximate surface area is 332 Å². The maximum atomic E-state index is 14.2. The lowest BCUT2D eigenvalue weighted by molar-refractivity contribution is -0.145. The number of aryl methyl sites for hydroxylation is 2. The summed E-state index contributed by atoms with van der Waals surface area (Å²) < 4.78 is 11.5. The molecular formula is C42H63N7O7. The van der Waals surface area contributed by atoms with Gasteiger partial charge in [0.15, 0.2) is 6.10 Å². The number of likely N-dealkylation sites (tertiary alicyclic amines) is 2. The normalized spacial score (nSPS) is 19.4. The average Bonchev–Trinajstić information content (AvgIpc) is 3.34. The number of nitrogens with one attached hydrogen (secondary N) is 1. The molecule has 2 N–H and O–H groups in total. The van der Waals surface area contributed by atoms with Crippen molar-refractivity contribution in [1.29, 1.82) is 0 Å². The van der Waals surface area contributed by atoms with Crippen LogP contribution in [0.15, 0.2) is 36.4 Å². The molecule has 2 aromatic carbocycles. The number of hydrogen-bond acceptors (Lipinski definition) is 10. The van der Waals surface area contributed by atoms with Crippen molar-refractivity contribution in [2.24, 2.45) is 0 Å². The molecule has 308 valence electrons. The first-order valence-corrected chi connectivity index (χ1v) is 19.9. The van der Waals surface area contributed by atoms with Crippen LogP contribution in [0.1, 0.15) is 55.4 Å². The number of benzene rings is 2. The second-order valence-electron chi connectivity index (χ2n) is 15.8. The molecule has 3 fully saturated rings. The topological polar surface area (TPSA) is 138 Å². The van der Waals surface area contributed by atoms with Gasteiger partial charge in [0.2, 0.25) is 0 Å². The minimum atomic E-state index is -1.01. The van der Waals surface area contributed by atoms with Gasteiger partial charge in [-0.05, 0) is 88.4 Å². The molecule has 6 rings (SSSR count). The van der Waals surface area contributed by atoms with Gasteiger partial charge in [0, 0.05) is 89.6 Å². The van der Waals surface area contributed by atoms with Crippen molar-refractivity contribution in [3.8, 4) is 5.75 Å². The molecule has 0 aliphatic carbocycles. The zero-order chi connectivity index (χ0) is 39.1. The van der Waals surface area contributed by atoms with Crippen LogP contribution in [0.5, 0.6) is 5.75 Å². The van der Waals surface area contributed by atoms with Crippen molar-refractivity contribution in [3.05, 3.63) is 58.7 Å². The van der Waals surface area contributed by atoms with Crippen LogP contribution in [0.3, 0.4) is 0 Å². The molecule has 1 atom stereocenters. The molecule has 0 radical (unpaired) electrons. The van der Waals surface area contributed by atoms with Crippen molar-refractivity contribution < 1.29 is 33.8 Å². The zero-order valence-electron chi connectivity index (χ0n) is 33.0. The molecule has 3 saturated heterocycles. The first-order chi connectivity index (χ1) is 26.4. The molecule has 0 aromatic heterocycles. The van der Waals surface area contributed by atoms with E-state index in [2.05, 4.69) is 15.1 Å². The van der Waals surface area contributed by atoms with E-state index in [4.69, 9.17) is 9.47 Å². The third kappa shape index (κ3) is 10.9. The molecule has 4 aliphatic rings. The van der Waals surface area contributed by atoms with E-state index in [1.807, 2.05) is 79.0 Å². The summed E-state index contributed by atoms with van der Waals surface area (Å²) >= 11 is 0. The number of esters is 1. The maximum absolute atomic E-state index is 14.2. The summed E-state index contributed by atoms with van der Waals surface area (Å²) in [6.45, 7) is 10.9. The number of rotatable bonds is 11. The second-order valence-corrected chi connectivity index (χ2v) is 15.8. The number of amides is 4. The van der Waals surface area contributed by atoms with Gasteiger partial charge in [-0.3, -0.25) is 19.4 Å². The van der Waals surface area contributed by atoms with E-state index in [1.54, 1.807) is 4.90 Å². The molecule has 4 aliphatic heterocycles. The molecule has 4 amide bonds. The lowest BCUT2D eigenvalue weighted by Crippen LogP contribution is -2.55. The maximum Gasteiger partial charge on any atom is 0.410 e. The number of likely N-dealkylation sites (N-methyl/N-ethyl adjacent to an activating group) is 1. The lowest BCUT2D eigenvalue weighted by atomic mass is 9.98. The highest BCUT2D eigenvalue weighted by Crippen LogP contribution is 2.28. The van der Waals surface area contributed by atoms with Gasteiger partial charge in [-0.15, -0.1) is 0 Å². The van der Waals surface area contributed by atoms with E-state index >= 15 is 0 Å². The highest BCUT2D eigenvalue weighted by Gasteiger charge is 2.37. The summed E-state index contributed by atoms with van der Waals surface area (Å²) in [7, 11) is 3.90.